The second-order valence-corrected chi connectivity index (χ2v) is 19.2. The molecule has 0 aromatic rings. The lowest BCUT2D eigenvalue weighted by Gasteiger charge is -2.44. The van der Waals surface area contributed by atoms with Gasteiger partial charge in [0.15, 0.2) is 30.7 Å². The molecule has 0 aliphatic carbocycles. The summed E-state index contributed by atoms with van der Waals surface area (Å²) in [6.07, 6.45) is 25.6. The van der Waals surface area contributed by atoms with E-state index < -0.39 is 104 Å². The number of carbonyl (C=O) groups is 7. The van der Waals surface area contributed by atoms with Gasteiger partial charge in [-0.2, -0.15) is 0 Å². The molecule has 1 saturated heterocycles. The minimum Gasteiger partial charge on any atom is -0.463 e. The van der Waals surface area contributed by atoms with Crippen LogP contribution in [0.25, 0.3) is 0 Å². The third kappa shape index (κ3) is 33.3. The van der Waals surface area contributed by atoms with Crippen LogP contribution in [-0.4, -0.2) is 104 Å². The van der Waals surface area contributed by atoms with Crippen molar-refractivity contribution in [3.63, 3.8) is 0 Å². The number of amides is 1. The molecule has 1 N–H and O–H groups in total. The van der Waals surface area contributed by atoms with E-state index in [0.29, 0.717) is 12.8 Å². The molecule has 16 heteroatoms. The summed E-state index contributed by atoms with van der Waals surface area (Å²) in [5, 5.41) is 2.89. The fraction of sp³-hybridized carbons (Fsp3) is 0.836. The Morgan fingerprint density at radius 3 is 1.35 bits per heavy atom. The molecule has 0 aromatic carbocycles. The van der Waals surface area contributed by atoms with Gasteiger partial charge in [-0.05, 0) is 31.8 Å². The summed E-state index contributed by atoms with van der Waals surface area (Å²) in [6, 6.07) is -1.13. The average Bonchev–Trinajstić information content (AvgIpc) is 3.30. The van der Waals surface area contributed by atoms with E-state index in [9.17, 15) is 33.6 Å². The summed E-state index contributed by atoms with van der Waals surface area (Å²) in [5.41, 5.74) is 0. The number of nitrogens with one attached hydrogen (secondary N) is 1. The van der Waals surface area contributed by atoms with E-state index in [1.54, 1.807) is 6.08 Å². The largest absolute Gasteiger partial charge is 0.463 e. The van der Waals surface area contributed by atoms with Crippen LogP contribution in [0.2, 0.25) is 0 Å². The van der Waals surface area contributed by atoms with E-state index in [4.69, 9.17) is 37.9 Å². The highest BCUT2D eigenvalue weighted by atomic mass is 16.7. The van der Waals surface area contributed by atoms with Gasteiger partial charge in [0.1, 0.15) is 18.8 Å². The molecule has 1 fully saturated rings. The quantitative estimate of drug-likeness (QED) is 0.0261. The Morgan fingerprint density at radius 2 is 0.915 bits per heavy atom. The van der Waals surface area contributed by atoms with Crippen LogP contribution in [0.1, 0.15) is 235 Å². The highest BCUT2D eigenvalue weighted by Crippen LogP contribution is 2.30. The van der Waals surface area contributed by atoms with E-state index >= 15 is 0 Å². The molecule has 0 spiro atoms. The number of ether oxygens (including phenoxy) is 8. The molecular formula is C55H95NO15. The predicted octanol–water partition coefficient (Wildman–Crippen LogP) is 11.0. The van der Waals surface area contributed by atoms with Gasteiger partial charge in [-0.3, -0.25) is 33.6 Å². The summed E-state index contributed by atoms with van der Waals surface area (Å²) in [5.74, 6) is -5.03. The van der Waals surface area contributed by atoms with E-state index in [2.05, 4.69) is 19.2 Å². The molecule has 16 nitrogen and oxygen atoms in total. The Balaban J connectivity index is 3.29. The van der Waals surface area contributed by atoms with Crippen molar-refractivity contribution >= 4 is 41.7 Å². The normalized spacial score (nSPS) is 19.0. The lowest BCUT2D eigenvalue weighted by molar-refractivity contribution is -0.309. The maximum Gasteiger partial charge on any atom is 0.303 e. The minimum absolute atomic E-state index is 0.254. The molecule has 1 heterocycles. The minimum atomic E-state index is -1.57. The van der Waals surface area contributed by atoms with Crippen molar-refractivity contribution in [2.75, 3.05) is 13.2 Å². The monoisotopic (exact) mass is 1010 g/mol. The first-order valence-electron chi connectivity index (χ1n) is 27.3. The zero-order valence-electron chi connectivity index (χ0n) is 45.1. The Labute approximate surface area is 426 Å². The van der Waals surface area contributed by atoms with Gasteiger partial charge in [0, 0.05) is 41.5 Å². The third-order valence-electron chi connectivity index (χ3n) is 12.4. The molecule has 0 radical (unpaired) electrons. The van der Waals surface area contributed by atoms with Gasteiger partial charge in [0.05, 0.1) is 12.6 Å². The third-order valence-corrected chi connectivity index (χ3v) is 12.4. The Morgan fingerprint density at radius 1 is 0.493 bits per heavy atom. The molecule has 0 bridgehead atoms. The van der Waals surface area contributed by atoms with Crippen LogP contribution in [-0.2, 0) is 71.5 Å². The van der Waals surface area contributed by atoms with Gasteiger partial charge in [-0.25, -0.2) is 0 Å². The number of hydrogen-bond donors (Lipinski definition) is 1. The van der Waals surface area contributed by atoms with Gasteiger partial charge in [-0.15, -0.1) is 0 Å². The Hall–Kier alpha value is -4.05. The predicted molar refractivity (Wildman–Crippen MR) is 271 cm³/mol. The van der Waals surface area contributed by atoms with E-state index in [1.807, 2.05) is 6.08 Å². The van der Waals surface area contributed by atoms with Crippen LogP contribution in [0, 0.1) is 0 Å². The van der Waals surface area contributed by atoms with Crippen LogP contribution in [0.4, 0.5) is 0 Å². The summed E-state index contributed by atoms with van der Waals surface area (Å²) < 4.78 is 45.6. The number of allylic oxidation sites excluding steroid dienone is 1. The molecular weight excluding hydrogens is 915 g/mol. The maximum atomic E-state index is 14.2. The van der Waals surface area contributed by atoms with Crippen molar-refractivity contribution in [1.82, 2.24) is 5.32 Å². The molecule has 2 unspecified atom stereocenters. The molecule has 0 aromatic heterocycles. The van der Waals surface area contributed by atoms with Crippen molar-refractivity contribution in [2.45, 2.75) is 284 Å². The molecule has 0 saturated carbocycles. The first-order valence-corrected chi connectivity index (χ1v) is 27.3. The van der Waals surface area contributed by atoms with Gasteiger partial charge in [0.2, 0.25) is 0 Å². The highest BCUT2D eigenvalue weighted by Gasteiger charge is 2.53. The molecule has 1 aliphatic rings. The fourth-order valence-electron chi connectivity index (χ4n) is 8.76. The summed E-state index contributed by atoms with van der Waals surface area (Å²) >= 11 is 0. The van der Waals surface area contributed by atoms with Gasteiger partial charge < -0.3 is 43.2 Å². The first-order chi connectivity index (χ1) is 34.1. The van der Waals surface area contributed by atoms with Crippen molar-refractivity contribution in [3.8, 4) is 0 Å². The SMILES string of the molecule is CCCCCCCCCCCCCCC/C=C/C(OC(C)=O)[C@H](CO[C@@H]1O[C@H](COC(C)=O)[C@@H](OC(C)=O)[C@H](OC(C)=O)[C@H]1OC(C)=O)NC(=O)C(CCCCCCCCCCCCCCC)OC(C)=O. The number of carbonyl (C=O) groups excluding carboxylic acids is 7. The summed E-state index contributed by atoms with van der Waals surface area (Å²) in [6.45, 7) is 10.5. The van der Waals surface area contributed by atoms with Crippen molar-refractivity contribution in [1.29, 1.82) is 0 Å². The molecule has 1 rings (SSSR count). The van der Waals surface area contributed by atoms with Crippen LogP contribution in [0.3, 0.4) is 0 Å². The fourth-order valence-corrected chi connectivity index (χ4v) is 8.76. The van der Waals surface area contributed by atoms with Crippen LogP contribution in [0.15, 0.2) is 12.2 Å². The molecule has 1 aliphatic heterocycles. The second-order valence-electron chi connectivity index (χ2n) is 19.2. The molecule has 1 amide bonds. The van der Waals surface area contributed by atoms with Crippen molar-refractivity contribution in [2.24, 2.45) is 0 Å². The van der Waals surface area contributed by atoms with Crippen LogP contribution < -0.4 is 5.32 Å². The Kier molecular flexibility index (Phi) is 37.9. The second kappa shape index (κ2) is 41.4. The van der Waals surface area contributed by atoms with Gasteiger partial charge in [0.25, 0.3) is 5.91 Å². The number of esters is 6. The Bertz CT molecular complexity index is 1520. The van der Waals surface area contributed by atoms with Crippen LogP contribution >= 0.6 is 0 Å². The number of unbranched alkanes of at least 4 members (excludes halogenated alkanes) is 25. The lowest BCUT2D eigenvalue weighted by atomic mass is 9.98. The molecule has 71 heavy (non-hydrogen) atoms. The van der Waals surface area contributed by atoms with Gasteiger partial charge in [-0.1, -0.05) is 174 Å². The average molecular weight is 1010 g/mol. The molecule has 8 atom stereocenters. The highest BCUT2D eigenvalue weighted by molar-refractivity contribution is 5.83. The van der Waals surface area contributed by atoms with E-state index in [-0.39, 0.29) is 6.42 Å². The van der Waals surface area contributed by atoms with E-state index in [1.165, 1.54) is 136 Å². The standard InChI is InChI=1S/C55H95NO15/c1-9-11-13-15-17-19-21-23-24-26-27-29-31-33-35-37-48(66-42(4)58)47(56-54(63)49(67-43(5)59)38-36-34-32-30-28-25-22-20-18-16-14-12-10-2)39-65-55-53(70-46(8)62)52(69-45(7)61)51(68-44(6)60)50(71-55)40-64-41(3)57/h35,37,47-53,55H,9-34,36,38-40H2,1-8H3,(H,56,63)/b37-35+/t47-,48?,49?,50+,51+,52-,53+,55+/m0/s1. The topological polar surface area (TPSA) is 205 Å². The van der Waals surface area contributed by atoms with E-state index in [0.717, 1.165) is 65.7 Å². The van der Waals surface area contributed by atoms with Crippen molar-refractivity contribution < 1.29 is 71.5 Å². The first kappa shape index (κ1) is 65.0. The summed E-state index contributed by atoms with van der Waals surface area (Å²) in [4.78, 5) is 88.4. The zero-order valence-corrected chi connectivity index (χ0v) is 45.1. The van der Waals surface area contributed by atoms with Crippen molar-refractivity contribution in [3.05, 3.63) is 12.2 Å². The van der Waals surface area contributed by atoms with Crippen LogP contribution in [0.5, 0.6) is 0 Å². The zero-order chi connectivity index (χ0) is 52.7. The number of rotatable bonds is 42. The summed E-state index contributed by atoms with van der Waals surface area (Å²) in [7, 11) is 0. The molecule has 410 valence electrons. The lowest BCUT2D eigenvalue weighted by Crippen LogP contribution is -2.63. The van der Waals surface area contributed by atoms with Gasteiger partial charge >= 0.3 is 35.8 Å². The maximum absolute atomic E-state index is 14.2. The number of hydrogen-bond acceptors (Lipinski definition) is 15. The smallest absolute Gasteiger partial charge is 0.303 e.